The van der Waals surface area contributed by atoms with Gasteiger partial charge in [-0.3, -0.25) is 14.4 Å². The van der Waals surface area contributed by atoms with E-state index in [1.807, 2.05) is 47.3 Å². The largest absolute Gasteiger partial charge is 0.341 e. The highest BCUT2D eigenvalue weighted by atomic mass is 16.1. The standard InChI is InChI=1S/C25H30N6O/c1-3-4-12-31-23-10-7-18(13-19(23)15-26-31)25(32)27-20-8-9-21-22(14-20)29-24(28-21)16-30-11-5-6-17(30)2/h7-10,13-15,17H,3-6,11-12,16H2,1-2H3,(H,27,32)(H,28,29)/t17-/m0/s1. The van der Waals surface area contributed by atoms with Gasteiger partial charge in [-0.25, -0.2) is 4.98 Å². The number of aryl methyl sites for hydroxylation is 1. The molecule has 1 atom stereocenters. The van der Waals surface area contributed by atoms with E-state index in [1.54, 1.807) is 0 Å². The highest BCUT2D eigenvalue weighted by Gasteiger charge is 2.21. The number of benzene rings is 2. The van der Waals surface area contributed by atoms with Gasteiger partial charge in [0.05, 0.1) is 29.3 Å². The molecule has 1 amide bonds. The van der Waals surface area contributed by atoms with E-state index in [0.717, 1.165) is 65.9 Å². The number of aromatic amines is 1. The van der Waals surface area contributed by atoms with Crippen LogP contribution < -0.4 is 5.32 Å². The second-order valence-corrected chi connectivity index (χ2v) is 8.83. The minimum absolute atomic E-state index is 0.127. The summed E-state index contributed by atoms with van der Waals surface area (Å²) < 4.78 is 2.01. The first-order valence-electron chi connectivity index (χ1n) is 11.6. The number of nitrogens with one attached hydrogen (secondary N) is 2. The van der Waals surface area contributed by atoms with Crippen molar-refractivity contribution in [1.29, 1.82) is 0 Å². The lowest BCUT2D eigenvalue weighted by Gasteiger charge is -2.19. The molecule has 1 aliphatic rings. The van der Waals surface area contributed by atoms with Gasteiger partial charge in [-0.1, -0.05) is 13.3 Å². The van der Waals surface area contributed by atoms with Crippen LogP contribution in [0.4, 0.5) is 5.69 Å². The molecule has 0 saturated carbocycles. The maximum Gasteiger partial charge on any atom is 0.255 e. The highest BCUT2D eigenvalue weighted by molar-refractivity contribution is 6.06. The van der Waals surface area contributed by atoms with Crippen LogP contribution in [0.3, 0.4) is 0 Å². The zero-order valence-corrected chi connectivity index (χ0v) is 18.8. The summed E-state index contributed by atoms with van der Waals surface area (Å²) in [4.78, 5) is 23.5. The Hall–Kier alpha value is -3.19. The fourth-order valence-corrected chi connectivity index (χ4v) is 4.55. The van der Waals surface area contributed by atoms with E-state index in [2.05, 4.69) is 34.1 Å². The number of hydrogen-bond acceptors (Lipinski definition) is 4. The van der Waals surface area contributed by atoms with Crippen LogP contribution >= 0.6 is 0 Å². The molecular formula is C25H30N6O. The molecule has 0 radical (unpaired) electrons. The number of hydrogen-bond donors (Lipinski definition) is 2. The van der Waals surface area contributed by atoms with E-state index < -0.39 is 0 Å². The van der Waals surface area contributed by atoms with Gasteiger partial charge in [0.2, 0.25) is 0 Å². The number of amides is 1. The van der Waals surface area contributed by atoms with Crippen LogP contribution in [0.5, 0.6) is 0 Å². The number of rotatable bonds is 7. The molecule has 2 aromatic heterocycles. The van der Waals surface area contributed by atoms with E-state index in [0.29, 0.717) is 11.6 Å². The van der Waals surface area contributed by atoms with Crippen molar-refractivity contribution < 1.29 is 4.79 Å². The summed E-state index contributed by atoms with van der Waals surface area (Å²) in [5, 5.41) is 8.47. The van der Waals surface area contributed by atoms with E-state index >= 15 is 0 Å². The zero-order valence-electron chi connectivity index (χ0n) is 18.8. The van der Waals surface area contributed by atoms with Crippen molar-refractivity contribution in [2.24, 2.45) is 0 Å². The van der Waals surface area contributed by atoms with Gasteiger partial charge in [0.15, 0.2) is 0 Å². The van der Waals surface area contributed by atoms with Gasteiger partial charge in [-0.2, -0.15) is 5.10 Å². The molecule has 1 fully saturated rings. The molecule has 0 bridgehead atoms. The van der Waals surface area contributed by atoms with Crippen LogP contribution in [-0.4, -0.2) is 43.1 Å². The van der Waals surface area contributed by atoms with Crippen LogP contribution in [0.2, 0.25) is 0 Å². The first-order valence-corrected chi connectivity index (χ1v) is 11.6. The normalized spacial score (nSPS) is 16.9. The Morgan fingerprint density at radius 1 is 1.25 bits per heavy atom. The fraction of sp³-hybridized carbons (Fsp3) is 0.400. The van der Waals surface area contributed by atoms with E-state index in [4.69, 9.17) is 4.98 Å². The Bertz CT molecular complexity index is 1260. The van der Waals surface area contributed by atoms with Gasteiger partial charge in [0, 0.05) is 29.2 Å². The lowest BCUT2D eigenvalue weighted by molar-refractivity contribution is 0.102. The Balaban J connectivity index is 1.30. The van der Waals surface area contributed by atoms with Gasteiger partial charge in [-0.05, 0) is 69.1 Å². The third-order valence-electron chi connectivity index (χ3n) is 6.46. The Kier molecular flexibility index (Phi) is 5.66. The molecule has 0 spiro atoms. The quantitative estimate of drug-likeness (QED) is 0.435. The molecule has 1 saturated heterocycles. The third-order valence-corrected chi connectivity index (χ3v) is 6.46. The number of carbonyl (C=O) groups is 1. The molecule has 7 nitrogen and oxygen atoms in total. The van der Waals surface area contributed by atoms with Gasteiger partial charge < -0.3 is 10.3 Å². The number of H-pyrrole nitrogens is 1. The predicted octanol–water partition coefficient (Wildman–Crippen LogP) is 4.95. The minimum atomic E-state index is -0.127. The minimum Gasteiger partial charge on any atom is -0.341 e. The van der Waals surface area contributed by atoms with Gasteiger partial charge in [-0.15, -0.1) is 0 Å². The molecule has 0 unspecified atom stereocenters. The molecule has 166 valence electrons. The van der Waals surface area contributed by atoms with Crippen LogP contribution in [0.25, 0.3) is 21.9 Å². The lowest BCUT2D eigenvalue weighted by Crippen LogP contribution is -2.26. The second-order valence-electron chi connectivity index (χ2n) is 8.83. The average Bonchev–Trinajstić information content (AvgIpc) is 3.50. The van der Waals surface area contributed by atoms with Crippen molar-refractivity contribution in [3.8, 4) is 0 Å². The molecule has 7 heteroatoms. The van der Waals surface area contributed by atoms with Crippen molar-refractivity contribution in [2.75, 3.05) is 11.9 Å². The molecule has 1 aliphatic heterocycles. The molecule has 4 aromatic rings. The maximum absolute atomic E-state index is 12.9. The highest BCUT2D eigenvalue weighted by Crippen LogP contribution is 2.23. The van der Waals surface area contributed by atoms with Gasteiger partial charge in [0.25, 0.3) is 5.91 Å². The number of fused-ring (bicyclic) bond motifs is 2. The first-order chi connectivity index (χ1) is 15.6. The molecule has 3 heterocycles. The van der Waals surface area contributed by atoms with Gasteiger partial charge >= 0.3 is 0 Å². The fourth-order valence-electron chi connectivity index (χ4n) is 4.55. The smallest absolute Gasteiger partial charge is 0.255 e. The van der Waals surface area contributed by atoms with Crippen LogP contribution in [0.1, 0.15) is 55.7 Å². The Morgan fingerprint density at radius 2 is 2.16 bits per heavy atom. The topological polar surface area (TPSA) is 78.8 Å². The number of carbonyl (C=O) groups excluding carboxylic acids is 1. The lowest BCUT2D eigenvalue weighted by atomic mass is 10.1. The van der Waals surface area contributed by atoms with Gasteiger partial charge in [0.1, 0.15) is 5.82 Å². The molecule has 32 heavy (non-hydrogen) atoms. The summed E-state index contributed by atoms with van der Waals surface area (Å²) >= 11 is 0. The van der Waals surface area contributed by atoms with Crippen molar-refractivity contribution in [3.05, 3.63) is 54.0 Å². The summed E-state index contributed by atoms with van der Waals surface area (Å²) in [5.74, 6) is 0.848. The number of imidazole rings is 1. The van der Waals surface area contributed by atoms with Crippen molar-refractivity contribution in [2.45, 2.75) is 58.7 Å². The van der Waals surface area contributed by atoms with E-state index in [1.165, 1.54) is 12.8 Å². The first kappa shape index (κ1) is 20.7. The molecule has 0 aliphatic carbocycles. The van der Waals surface area contributed by atoms with Crippen molar-refractivity contribution >= 4 is 33.5 Å². The number of unbranched alkanes of at least 4 members (excludes halogenated alkanes) is 1. The van der Waals surface area contributed by atoms with Crippen molar-refractivity contribution in [3.63, 3.8) is 0 Å². The number of likely N-dealkylation sites (tertiary alicyclic amines) is 1. The molecule has 2 aromatic carbocycles. The van der Waals surface area contributed by atoms with Crippen molar-refractivity contribution in [1.82, 2.24) is 24.6 Å². The van der Waals surface area contributed by atoms with Crippen LogP contribution in [0, 0.1) is 0 Å². The Morgan fingerprint density at radius 3 is 2.97 bits per heavy atom. The summed E-state index contributed by atoms with van der Waals surface area (Å²) in [6.07, 6.45) is 6.56. The third kappa shape index (κ3) is 4.12. The summed E-state index contributed by atoms with van der Waals surface area (Å²) in [6.45, 7) is 7.31. The Labute approximate surface area is 187 Å². The number of anilines is 1. The van der Waals surface area contributed by atoms with Crippen LogP contribution in [-0.2, 0) is 13.1 Å². The second kappa shape index (κ2) is 8.74. The predicted molar refractivity (Wildman–Crippen MR) is 128 cm³/mol. The van der Waals surface area contributed by atoms with E-state index in [9.17, 15) is 4.79 Å². The monoisotopic (exact) mass is 430 g/mol. The summed E-state index contributed by atoms with van der Waals surface area (Å²) in [5.41, 5.74) is 4.31. The number of aromatic nitrogens is 4. The molecule has 5 rings (SSSR count). The van der Waals surface area contributed by atoms with Crippen LogP contribution in [0.15, 0.2) is 42.6 Å². The summed E-state index contributed by atoms with van der Waals surface area (Å²) in [6, 6.07) is 12.2. The maximum atomic E-state index is 12.9. The molecule has 2 N–H and O–H groups in total. The zero-order chi connectivity index (χ0) is 22.1. The number of nitrogens with zero attached hydrogens (tertiary/aromatic N) is 4. The molecular weight excluding hydrogens is 400 g/mol. The summed E-state index contributed by atoms with van der Waals surface area (Å²) in [7, 11) is 0. The SMILES string of the molecule is CCCCn1ncc2cc(C(=O)Nc3ccc4nc(CN5CCC[C@@H]5C)[nH]c4c3)ccc21. The average molecular weight is 431 g/mol. The van der Waals surface area contributed by atoms with E-state index in [-0.39, 0.29) is 5.91 Å².